The normalized spacial score (nSPS) is 12.5. The molecule has 1 aromatic heterocycles. The van der Waals surface area contributed by atoms with Crippen molar-refractivity contribution in [1.82, 2.24) is 0 Å². The van der Waals surface area contributed by atoms with Gasteiger partial charge in [0.2, 0.25) is 0 Å². The second-order valence-corrected chi connectivity index (χ2v) is 7.44. The molecule has 1 heterocycles. The van der Waals surface area contributed by atoms with Gasteiger partial charge in [0.25, 0.3) is 0 Å². The maximum atomic E-state index is 6.17. The van der Waals surface area contributed by atoms with E-state index >= 15 is 0 Å². The average molecular weight is 269 g/mol. The molecule has 0 unspecified atom stereocenters. The van der Waals surface area contributed by atoms with Crippen LogP contribution >= 0.6 is 0 Å². The Morgan fingerprint density at radius 3 is 1.50 bits per heavy atom. The summed E-state index contributed by atoms with van der Waals surface area (Å²) >= 11 is 0. The first kappa shape index (κ1) is 14.8. The van der Waals surface area contributed by atoms with E-state index in [0.29, 0.717) is 0 Å². The van der Waals surface area contributed by atoms with Crippen molar-refractivity contribution in [2.24, 2.45) is 0 Å². The Labute approximate surface area is 122 Å². The predicted molar refractivity (Wildman–Crippen MR) is 86.0 cm³/mol. The highest BCUT2D eigenvalue weighted by atomic mass is 16.3. The van der Waals surface area contributed by atoms with Crippen LogP contribution in [0.2, 0.25) is 0 Å². The molecule has 0 N–H and O–H groups in total. The van der Waals surface area contributed by atoms with Crippen molar-refractivity contribution in [3.8, 4) is 11.1 Å². The van der Waals surface area contributed by atoms with E-state index < -0.39 is 0 Å². The van der Waals surface area contributed by atoms with Gasteiger partial charge in [0.05, 0.1) is 10.8 Å². The molecule has 0 radical (unpaired) electrons. The molecule has 0 fully saturated rings. The molecule has 0 aliphatic carbocycles. The van der Waals surface area contributed by atoms with Gasteiger partial charge < -0.3 is 0 Å². The van der Waals surface area contributed by atoms with Crippen LogP contribution in [-0.2, 0) is 10.8 Å². The summed E-state index contributed by atoms with van der Waals surface area (Å²) in [6, 6.07) is 14.8. The minimum absolute atomic E-state index is 0.00475. The van der Waals surface area contributed by atoms with Crippen LogP contribution in [0.4, 0.5) is 0 Å². The first-order valence-corrected chi connectivity index (χ1v) is 7.22. The summed E-state index contributed by atoms with van der Waals surface area (Å²) in [6.07, 6.45) is 0. The van der Waals surface area contributed by atoms with Gasteiger partial charge in [0, 0.05) is 12.1 Å². The molecule has 0 bridgehead atoms. The third-order valence-electron chi connectivity index (χ3n) is 3.38. The quantitative estimate of drug-likeness (QED) is 0.593. The maximum absolute atomic E-state index is 6.17. The fraction of sp³-hybridized carbons (Fsp3) is 0.421. The van der Waals surface area contributed by atoms with E-state index in [1.54, 1.807) is 0 Å². The smallest absolute Gasteiger partial charge is 0.217 e. The standard InChI is InChI=1S/C19H25O/c1-18(2,3)16-12-15(14-10-8-7-9-11-14)13-17(20-16)19(4,5)6/h7-13H,1-6H3/q+1. The Morgan fingerprint density at radius 1 is 0.650 bits per heavy atom. The Kier molecular flexibility index (Phi) is 3.73. The summed E-state index contributed by atoms with van der Waals surface area (Å²) < 4.78 is 6.17. The largest absolute Gasteiger partial charge is 0.335 e. The molecule has 2 rings (SSSR count). The molecule has 0 amide bonds. The number of rotatable bonds is 1. The first-order chi connectivity index (χ1) is 9.18. The highest BCUT2D eigenvalue weighted by molar-refractivity contribution is 5.64. The van der Waals surface area contributed by atoms with Crippen LogP contribution in [0.3, 0.4) is 0 Å². The van der Waals surface area contributed by atoms with Crippen LogP contribution < -0.4 is 0 Å². The van der Waals surface area contributed by atoms with Crippen molar-refractivity contribution >= 4 is 0 Å². The second-order valence-electron chi connectivity index (χ2n) is 7.44. The zero-order valence-corrected chi connectivity index (χ0v) is 13.4. The zero-order valence-electron chi connectivity index (χ0n) is 13.4. The molecule has 106 valence electrons. The highest BCUT2D eigenvalue weighted by Crippen LogP contribution is 2.33. The second kappa shape index (κ2) is 5.05. The summed E-state index contributed by atoms with van der Waals surface area (Å²) in [5, 5.41) is 0. The van der Waals surface area contributed by atoms with Crippen LogP contribution in [-0.4, -0.2) is 0 Å². The van der Waals surface area contributed by atoms with E-state index in [9.17, 15) is 0 Å². The van der Waals surface area contributed by atoms with Gasteiger partial charge in [0.15, 0.2) is 0 Å². The summed E-state index contributed by atoms with van der Waals surface area (Å²) in [7, 11) is 0. The predicted octanol–water partition coefficient (Wildman–Crippen LogP) is 5.82. The van der Waals surface area contributed by atoms with E-state index in [1.165, 1.54) is 11.1 Å². The summed E-state index contributed by atoms with van der Waals surface area (Å²) in [4.78, 5) is 0. The fourth-order valence-corrected chi connectivity index (χ4v) is 2.04. The monoisotopic (exact) mass is 269 g/mol. The molecular weight excluding hydrogens is 244 g/mol. The minimum atomic E-state index is 0.00475. The molecule has 1 nitrogen and oxygen atoms in total. The van der Waals surface area contributed by atoms with Crippen molar-refractivity contribution in [3.05, 3.63) is 54.0 Å². The lowest BCUT2D eigenvalue weighted by molar-refractivity contribution is 0.329. The van der Waals surface area contributed by atoms with Crippen LogP contribution in [0.25, 0.3) is 11.1 Å². The van der Waals surface area contributed by atoms with Gasteiger partial charge in [-0.3, -0.25) is 0 Å². The topological polar surface area (TPSA) is 11.3 Å². The van der Waals surface area contributed by atoms with Gasteiger partial charge in [-0.25, -0.2) is 4.42 Å². The van der Waals surface area contributed by atoms with E-state index in [-0.39, 0.29) is 10.8 Å². The van der Waals surface area contributed by atoms with Gasteiger partial charge in [0.1, 0.15) is 0 Å². The van der Waals surface area contributed by atoms with Crippen molar-refractivity contribution in [2.75, 3.05) is 0 Å². The van der Waals surface area contributed by atoms with E-state index in [4.69, 9.17) is 4.42 Å². The van der Waals surface area contributed by atoms with Gasteiger partial charge in [-0.05, 0) is 52.7 Å². The summed E-state index contributed by atoms with van der Waals surface area (Å²) in [6.45, 7) is 13.1. The van der Waals surface area contributed by atoms with Crippen LogP contribution in [0.5, 0.6) is 0 Å². The number of hydrogen-bond acceptors (Lipinski definition) is 0. The molecule has 2 aromatic rings. The minimum Gasteiger partial charge on any atom is -0.217 e. The van der Waals surface area contributed by atoms with Crippen LogP contribution in [0.15, 0.2) is 46.9 Å². The molecule has 0 aliphatic heterocycles. The SMILES string of the molecule is CC(C)(C)c1cc(-c2ccccc2)cc(C(C)(C)C)[o+]1. The van der Waals surface area contributed by atoms with E-state index in [0.717, 1.165) is 11.5 Å². The first-order valence-electron chi connectivity index (χ1n) is 7.22. The zero-order chi connectivity index (χ0) is 15.0. The van der Waals surface area contributed by atoms with Crippen molar-refractivity contribution in [2.45, 2.75) is 52.4 Å². The lowest BCUT2D eigenvalue weighted by Crippen LogP contribution is -2.16. The highest BCUT2D eigenvalue weighted by Gasteiger charge is 2.33. The molecule has 1 heteroatoms. The third-order valence-corrected chi connectivity index (χ3v) is 3.38. The van der Waals surface area contributed by atoms with Crippen molar-refractivity contribution in [1.29, 1.82) is 0 Å². The molecule has 0 saturated carbocycles. The lowest BCUT2D eigenvalue weighted by Gasteiger charge is -2.15. The molecule has 0 atom stereocenters. The lowest BCUT2D eigenvalue weighted by atomic mass is 9.87. The molecule has 20 heavy (non-hydrogen) atoms. The number of hydrogen-bond donors (Lipinski definition) is 0. The van der Waals surface area contributed by atoms with Crippen LogP contribution in [0.1, 0.15) is 53.1 Å². The third kappa shape index (κ3) is 3.27. The van der Waals surface area contributed by atoms with Gasteiger partial charge in [-0.1, -0.05) is 30.3 Å². The molecular formula is C19H25O+. The van der Waals surface area contributed by atoms with E-state index in [1.807, 2.05) is 6.07 Å². The van der Waals surface area contributed by atoms with Crippen molar-refractivity contribution in [3.63, 3.8) is 0 Å². The molecule has 1 aromatic carbocycles. The Hall–Kier alpha value is -1.63. The molecule has 0 spiro atoms. The maximum Gasteiger partial charge on any atom is 0.335 e. The molecule has 0 aliphatic rings. The summed E-state index contributed by atoms with van der Waals surface area (Å²) in [5.41, 5.74) is 2.47. The number of benzene rings is 1. The summed E-state index contributed by atoms with van der Waals surface area (Å²) in [5.74, 6) is 2.06. The Bertz CT molecular complexity index is 551. The van der Waals surface area contributed by atoms with Crippen molar-refractivity contribution < 1.29 is 4.42 Å². The van der Waals surface area contributed by atoms with E-state index in [2.05, 4.69) is 77.9 Å². The van der Waals surface area contributed by atoms with Gasteiger partial charge >= 0.3 is 11.5 Å². The Morgan fingerprint density at radius 2 is 1.10 bits per heavy atom. The van der Waals surface area contributed by atoms with Gasteiger partial charge in [-0.2, -0.15) is 0 Å². The van der Waals surface area contributed by atoms with Gasteiger partial charge in [-0.15, -0.1) is 0 Å². The fourth-order valence-electron chi connectivity index (χ4n) is 2.04. The average Bonchev–Trinajstić information content (AvgIpc) is 2.37. The Balaban J connectivity index is 2.64. The van der Waals surface area contributed by atoms with Crippen LogP contribution in [0, 0.1) is 0 Å². The molecule has 0 saturated heterocycles.